The van der Waals surface area contributed by atoms with E-state index in [0.29, 0.717) is 6.61 Å². The number of aliphatic hydroxyl groups is 2. The largest absolute Gasteiger partial charge is 0.390 e. The molecule has 2 aliphatic rings. The first-order valence-corrected chi connectivity index (χ1v) is 6.84. The first-order chi connectivity index (χ1) is 8.60. The Morgan fingerprint density at radius 2 is 2.11 bits per heavy atom. The lowest BCUT2D eigenvalue weighted by atomic mass is 9.86. The van der Waals surface area contributed by atoms with Crippen molar-refractivity contribution in [1.82, 2.24) is 0 Å². The van der Waals surface area contributed by atoms with E-state index in [0.717, 1.165) is 19.3 Å². The van der Waals surface area contributed by atoms with Crippen LogP contribution in [0.3, 0.4) is 0 Å². The predicted molar refractivity (Wildman–Crippen MR) is 65.1 cm³/mol. The normalized spacial score (nSPS) is 43.3. The fraction of sp³-hybridized carbons (Fsp3) is 1.00. The van der Waals surface area contributed by atoms with Crippen LogP contribution in [-0.4, -0.2) is 54.1 Å². The third-order valence-electron chi connectivity index (χ3n) is 3.91. The molecule has 2 bridgehead atoms. The molecular weight excluding hydrogens is 236 g/mol. The summed E-state index contributed by atoms with van der Waals surface area (Å²) >= 11 is 0. The second kappa shape index (κ2) is 5.84. The summed E-state index contributed by atoms with van der Waals surface area (Å²) in [5.41, 5.74) is -0.886. The monoisotopic (exact) mass is 260 g/mol. The first-order valence-electron chi connectivity index (χ1n) is 6.84. The summed E-state index contributed by atoms with van der Waals surface area (Å²) in [5, 5.41) is 20.1. The number of hydrogen-bond acceptors (Lipinski definition) is 5. The molecule has 2 aliphatic heterocycles. The molecule has 5 atom stereocenters. The third kappa shape index (κ3) is 2.56. The number of fused-ring (bicyclic) bond motifs is 2. The van der Waals surface area contributed by atoms with Gasteiger partial charge in [0.1, 0.15) is 11.7 Å². The minimum atomic E-state index is -0.947. The molecule has 106 valence electrons. The summed E-state index contributed by atoms with van der Waals surface area (Å²) in [4.78, 5) is 0. The van der Waals surface area contributed by atoms with Crippen molar-refractivity contribution in [3.63, 3.8) is 0 Å². The summed E-state index contributed by atoms with van der Waals surface area (Å²) in [6.45, 7) is 5.17. The fourth-order valence-electron chi connectivity index (χ4n) is 2.56. The quantitative estimate of drug-likeness (QED) is 0.687. The summed E-state index contributed by atoms with van der Waals surface area (Å²) in [5.74, 6) is -0.212. The molecule has 2 heterocycles. The zero-order chi connectivity index (χ0) is 13.2. The molecule has 5 nitrogen and oxygen atoms in total. The van der Waals surface area contributed by atoms with Crippen molar-refractivity contribution in [1.29, 1.82) is 0 Å². The van der Waals surface area contributed by atoms with Gasteiger partial charge in [-0.05, 0) is 6.42 Å². The molecule has 0 aromatic heterocycles. The van der Waals surface area contributed by atoms with E-state index in [9.17, 15) is 10.2 Å². The number of hydrogen-bond donors (Lipinski definition) is 2. The van der Waals surface area contributed by atoms with Crippen molar-refractivity contribution in [2.45, 2.75) is 57.2 Å². The van der Waals surface area contributed by atoms with Gasteiger partial charge in [-0.25, -0.2) is 0 Å². The molecule has 0 aliphatic carbocycles. The van der Waals surface area contributed by atoms with Crippen molar-refractivity contribution >= 4 is 0 Å². The van der Waals surface area contributed by atoms with Gasteiger partial charge in [-0.1, -0.05) is 26.7 Å². The summed E-state index contributed by atoms with van der Waals surface area (Å²) < 4.78 is 16.8. The first kappa shape index (κ1) is 14.2. The Balaban J connectivity index is 1.86. The molecule has 2 N–H and O–H groups in total. The van der Waals surface area contributed by atoms with Crippen LogP contribution < -0.4 is 0 Å². The molecule has 0 aromatic rings. The molecule has 18 heavy (non-hydrogen) atoms. The SMILES string of the molecule is CCCCCOC[C@@]12CO[C@@H](O1)[C@H](C)[C@@H](O)[C@H]2O. The van der Waals surface area contributed by atoms with Crippen LogP contribution in [0.4, 0.5) is 0 Å². The summed E-state index contributed by atoms with van der Waals surface area (Å²) in [7, 11) is 0. The van der Waals surface area contributed by atoms with Crippen LogP contribution in [0.25, 0.3) is 0 Å². The van der Waals surface area contributed by atoms with Gasteiger partial charge in [-0.2, -0.15) is 0 Å². The standard InChI is InChI=1S/C13H24O5/c1-3-4-5-6-16-7-13-8-17-12(18-13)9(2)10(14)11(13)15/h9-12,14-15H,3-8H2,1-2H3/t9-,10-,11-,12+,13+/m1/s1. The molecule has 5 heteroatoms. The molecule has 0 unspecified atom stereocenters. The number of unbranched alkanes of at least 4 members (excludes halogenated alkanes) is 2. The summed E-state index contributed by atoms with van der Waals surface area (Å²) in [6.07, 6.45) is 1.10. The van der Waals surface area contributed by atoms with Gasteiger partial charge in [0.15, 0.2) is 6.29 Å². The number of aliphatic hydroxyl groups excluding tert-OH is 2. The van der Waals surface area contributed by atoms with E-state index in [4.69, 9.17) is 14.2 Å². The molecule has 0 radical (unpaired) electrons. The van der Waals surface area contributed by atoms with Crippen LogP contribution in [0.15, 0.2) is 0 Å². The zero-order valence-electron chi connectivity index (χ0n) is 11.2. The van der Waals surface area contributed by atoms with Gasteiger partial charge < -0.3 is 24.4 Å². The lowest BCUT2D eigenvalue weighted by Crippen LogP contribution is -2.60. The Bertz CT molecular complexity index is 272. The lowest BCUT2D eigenvalue weighted by molar-refractivity contribution is -0.248. The number of ether oxygens (including phenoxy) is 3. The summed E-state index contributed by atoms with van der Waals surface area (Å²) in [6, 6.07) is 0. The highest BCUT2D eigenvalue weighted by Crippen LogP contribution is 2.39. The minimum absolute atomic E-state index is 0.212. The average Bonchev–Trinajstić information content (AvgIpc) is 2.78. The topological polar surface area (TPSA) is 68.2 Å². The van der Waals surface area contributed by atoms with Gasteiger partial charge in [-0.15, -0.1) is 0 Å². The van der Waals surface area contributed by atoms with Crippen LogP contribution in [-0.2, 0) is 14.2 Å². The molecule has 2 saturated heterocycles. The molecule has 0 spiro atoms. The minimum Gasteiger partial charge on any atom is -0.390 e. The second-order valence-electron chi connectivity index (χ2n) is 5.42. The highest BCUT2D eigenvalue weighted by molar-refractivity contribution is 5.02. The second-order valence-corrected chi connectivity index (χ2v) is 5.42. The van der Waals surface area contributed by atoms with E-state index in [1.807, 2.05) is 6.92 Å². The number of rotatable bonds is 6. The van der Waals surface area contributed by atoms with Crippen molar-refractivity contribution in [2.75, 3.05) is 19.8 Å². The average molecular weight is 260 g/mol. The van der Waals surface area contributed by atoms with E-state index in [1.54, 1.807) is 0 Å². The molecule has 0 amide bonds. The van der Waals surface area contributed by atoms with Crippen LogP contribution in [0.5, 0.6) is 0 Å². The maximum Gasteiger partial charge on any atom is 0.163 e. The van der Waals surface area contributed by atoms with Gasteiger partial charge in [0, 0.05) is 12.5 Å². The fourth-order valence-corrected chi connectivity index (χ4v) is 2.56. The van der Waals surface area contributed by atoms with E-state index in [1.165, 1.54) is 0 Å². The van der Waals surface area contributed by atoms with Gasteiger partial charge in [-0.3, -0.25) is 0 Å². The zero-order valence-corrected chi connectivity index (χ0v) is 11.2. The Morgan fingerprint density at radius 3 is 2.83 bits per heavy atom. The maximum atomic E-state index is 10.2. The molecule has 0 saturated carbocycles. The predicted octanol–water partition coefficient (Wildman–Crippen LogP) is 0.676. The molecular formula is C13H24O5. The van der Waals surface area contributed by atoms with Gasteiger partial charge in [0.2, 0.25) is 0 Å². The lowest BCUT2D eigenvalue weighted by Gasteiger charge is -2.41. The maximum absolute atomic E-state index is 10.2. The van der Waals surface area contributed by atoms with Crippen LogP contribution >= 0.6 is 0 Å². The highest BCUT2D eigenvalue weighted by atomic mass is 16.7. The van der Waals surface area contributed by atoms with Crippen molar-refractivity contribution < 1.29 is 24.4 Å². The van der Waals surface area contributed by atoms with E-state index in [2.05, 4.69) is 6.92 Å². The molecule has 0 aromatic carbocycles. The molecule has 2 rings (SSSR count). The Morgan fingerprint density at radius 1 is 1.33 bits per heavy atom. The van der Waals surface area contributed by atoms with Crippen LogP contribution in [0.2, 0.25) is 0 Å². The van der Waals surface area contributed by atoms with Crippen molar-refractivity contribution in [3.8, 4) is 0 Å². The smallest absolute Gasteiger partial charge is 0.163 e. The van der Waals surface area contributed by atoms with Crippen LogP contribution in [0.1, 0.15) is 33.1 Å². The molecule has 2 fully saturated rings. The van der Waals surface area contributed by atoms with E-state index < -0.39 is 24.1 Å². The Hall–Kier alpha value is -0.200. The van der Waals surface area contributed by atoms with Crippen LogP contribution in [0, 0.1) is 5.92 Å². The van der Waals surface area contributed by atoms with Gasteiger partial charge in [0.05, 0.1) is 19.3 Å². The van der Waals surface area contributed by atoms with Crippen molar-refractivity contribution in [3.05, 3.63) is 0 Å². The Kier molecular flexibility index (Phi) is 4.61. The third-order valence-corrected chi connectivity index (χ3v) is 3.91. The van der Waals surface area contributed by atoms with Crippen molar-refractivity contribution in [2.24, 2.45) is 5.92 Å². The van der Waals surface area contributed by atoms with Gasteiger partial charge >= 0.3 is 0 Å². The van der Waals surface area contributed by atoms with E-state index >= 15 is 0 Å². The van der Waals surface area contributed by atoms with Gasteiger partial charge in [0.25, 0.3) is 0 Å². The highest BCUT2D eigenvalue weighted by Gasteiger charge is 2.57. The Labute approximate surface area is 108 Å². The van der Waals surface area contributed by atoms with E-state index in [-0.39, 0.29) is 19.1 Å².